The quantitative estimate of drug-likeness (QED) is 0.879. The van der Waals surface area contributed by atoms with Crippen molar-refractivity contribution >= 4 is 33.0 Å². The summed E-state index contributed by atoms with van der Waals surface area (Å²) in [5, 5.41) is 3.16. The average molecular weight is 338 g/mol. The van der Waals surface area contributed by atoms with Gasteiger partial charge in [0.05, 0.1) is 11.5 Å². The maximum absolute atomic E-state index is 12.0. The van der Waals surface area contributed by atoms with E-state index in [4.69, 9.17) is 11.6 Å². The molecule has 0 aliphatic rings. The molecule has 6 heteroatoms. The van der Waals surface area contributed by atoms with E-state index in [-0.39, 0.29) is 23.8 Å². The van der Waals surface area contributed by atoms with Gasteiger partial charge in [-0.05, 0) is 29.8 Å². The number of carbonyl (C=O) groups is 1. The van der Waals surface area contributed by atoms with Crippen molar-refractivity contribution in [2.75, 3.05) is 11.1 Å². The van der Waals surface area contributed by atoms with E-state index < -0.39 is 9.84 Å². The van der Waals surface area contributed by atoms with Crippen molar-refractivity contribution in [3.8, 4) is 0 Å². The molecule has 0 heterocycles. The molecule has 1 N–H and O–H groups in total. The number of halogens is 1. The molecule has 0 fully saturated rings. The second-order valence-corrected chi connectivity index (χ2v) is 7.51. The van der Waals surface area contributed by atoms with E-state index in [9.17, 15) is 13.2 Å². The molecule has 4 nitrogen and oxygen atoms in total. The molecule has 1 amide bonds. The van der Waals surface area contributed by atoms with Gasteiger partial charge in [0.2, 0.25) is 5.91 Å². The Balaban J connectivity index is 1.88. The number of hydrogen-bond donors (Lipinski definition) is 1. The van der Waals surface area contributed by atoms with E-state index >= 15 is 0 Å². The summed E-state index contributed by atoms with van der Waals surface area (Å²) in [7, 11) is -3.36. The summed E-state index contributed by atoms with van der Waals surface area (Å²) >= 11 is 5.83. The summed E-state index contributed by atoms with van der Waals surface area (Å²) < 4.78 is 24.1. The minimum Gasteiger partial charge on any atom is -0.326 e. The van der Waals surface area contributed by atoms with Gasteiger partial charge in [0, 0.05) is 17.1 Å². The maximum Gasteiger partial charge on any atom is 0.225 e. The Bertz CT molecular complexity index is 745. The second kappa shape index (κ2) is 7.42. The lowest BCUT2D eigenvalue weighted by atomic mass is 10.2. The molecule has 0 spiro atoms. The van der Waals surface area contributed by atoms with Crippen molar-refractivity contribution < 1.29 is 13.2 Å². The Kier molecular flexibility index (Phi) is 5.57. The third-order valence-corrected chi connectivity index (χ3v) is 4.81. The standard InChI is InChI=1S/C16H16ClNO3S/c17-14-6-4-5-13(11-14)12-22(20,21)10-9-16(19)18-15-7-2-1-3-8-15/h1-8,11H,9-10,12H2,(H,18,19). The fraction of sp³-hybridized carbons (Fsp3) is 0.188. The van der Waals surface area contributed by atoms with Crippen LogP contribution in [0.1, 0.15) is 12.0 Å². The van der Waals surface area contributed by atoms with Crippen molar-refractivity contribution in [1.29, 1.82) is 0 Å². The lowest BCUT2D eigenvalue weighted by molar-refractivity contribution is -0.115. The van der Waals surface area contributed by atoms with Crippen molar-refractivity contribution in [2.24, 2.45) is 0 Å². The van der Waals surface area contributed by atoms with Gasteiger partial charge >= 0.3 is 0 Å². The minimum atomic E-state index is -3.36. The van der Waals surface area contributed by atoms with Crippen LogP contribution < -0.4 is 5.32 Å². The van der Waals surface area contributed by atoms with Gasteiger partial charge in [0.25, 0.3) is 0 Å². The zero-order chi connectivity index (χ0) is 16.0. The first-order valence-electron chi connectivity index (χ1n) is 6.74. The maximum atomic E-state index is 12.0. The molecule has 2 rings (SSSR count). The first-order valence-corrected chi connectivity index (χ1v) is 8.94. The third-order valence-electron chi connectivity index (χ3n) is 2.97. The summed E-state index contributed by atoms with van der Waals surface area (Å²) in [6.07, 6.45) is -0.0716. The average Bonchev–Trinajstić information content (AvgIpc) is 2.46. The predicted molar refractivity (Wildman–Crippen MR) is 88.6 cm³/mol. The lowest BCUT2D eigenvalue weighted by Gasteiger charge is -2.06. The highest BCUT2D eigenvalue weighted by molar-refractivity contribution is 7.90. The second-order valence-electron chi connectivity index (χ2n) is 4.89. The van der Waals surface area contributed by atoms with Gasteiger partial charge in [-0.15, -0.1) is 0 Å². The summed E-state index contributed by atoms with van der Waals surface area (Å²) in [4.78, 5) is 11.8. The molecule has 2 aromatic carbocycles. The van der Waals surface area contributed by atoms with E-state index in [1.54, 1.807) is 48.5 Å². The number of anilines is 1. The Hall–Kier alpha value is -1.85. The van der Waals surface area contributed by atoms with Crippen molar-refractivity contribution in [3.63, 3.8) is 0 Å². The molecule has 0 unspecified atom stereocenters. The number of sulfone groups is 1. The number of nitrogens with one attached hydrogen (secondary N) is 1. The van der Waals surface area contributed by atoms with Gasteiger partial charge < -0.3 is 5.32 Å². The lowest BCUT2D eigenvalue weighted by Crippen LogP contribution is -2.18. The van der Waals surface area contributed by atoms with Crippen molar-refractivity contribution in [3.05, 3.63) is 65.2 Å². The molecule has 0 aliphatic carbocycles. The van der Waals surface area contributed by atoms with Crippen molar-refractivity contribution in [1.82, 2.24) is 0 Å². The van der Waals surface area contributed by atoms with E-state index in [0.717, 1.165) is 0 Å². The first-order chi connectivity index (χ1) is 10.4. The smallest absolute Gasteiger partial charge is 0.225 e. The number of para-hydroxylation sites is 1. The van der Waals surface area contributed by atoms with Gasteiger partial charge in [0.1, 0.15) is 0 Å². The highest BCUT2D eigenvalue weighted by atomic mass is 35.5. The van der Waals surface area contributed by atoms with Crippen LogP contribution in [0, 0.1) is 0 Å². The van der Waals surface area contributed by atoms with Crippen LogP contribution in [0.5, 0.6) is 0 Å². The Labute approximate surface area is 135 Å². The molecule has 0 bridgehead atoms. The summed E-state index contributed by atoms with van der Waals surface area (Å²) in [5.41, 5.74) is 1.27. The number of amides is 1. The molecular weight excluding hydrogens is 322 g/mol. The minimum absolute atomic E-state index is 0.0716. The first kappa shape index (κ1) is 16.5. The van der Waals surface area contributed by atoms with Crippen LogP contribution in [0.2, 0.25) is 5.02 Å². The molecule has 0 saturated carbocycles. The predicted octanol–water partition coefficient (Wildman–Crippen LogP) is 3.28. The molecule has 116 valence electrons. The van der Waals surface area contributed by atoms with E-state index in [2.05, 4.69) is 5.32 Å². The van der Waals surface area contributed by atoms with Gasteiger partial charge in [-0.3, -0.25) is 4.79 Å². The highest BCUT2D eigenvalue weighted by Crippen LogP contribution is 2.14. The van der Waals surface area contributed by atoms with E-state index in [1.165, 1.54) is 0 Å². The largest absolute Gasteiger partial charge is 0.326 e. The molecular formula is C16H16ClNO3S. The van der Waals surface area contributed by atoms with Crippen LogP contribution >= 0.6 is 11.6 Å². The number of carbonyl (C=O) groups excluding carboxylic acids is 1. The van der Waals surface area contributed by atoms with Crippen LogP contribution in [-0.2, 0) is 20.4 Å². The van der Waals surface area contributed by atoms with Crippen LogP contribution in [0.3, 0.4) is 0 Å². The van der Waals surface area contributed by atoms with Crippen LogP contribution in [0.25, 0.3) is 0 Å². The number of rotatable bonds is 6. The molecule has 0 aromatic heterocycles. The Morgan fingerprint density at radius 3 is 2.45 bits per heavy atom. The number of hydrogen-bond acceptors (Lipinski definition) is 3. The SMILES string of the molecule is O=C(CCS(=O)(=O)Cc1cccc(Cl)c1)Nc1ccccc1. The van der Waals surface area contributed by atoms with Crippen molar-refractivity contribution in [2.45, 2.75) is 12.2 Å². The zero-order valence-electron chi connectivity index (χ0n) is 11.8. The van der Waals surface area contributed by atoms with Gasteiger partial charge in [0.15, 0.2) is 9.84 Å². The van der Waals surface area contributed by atoms with Crippen LogP contribution in [0.15, 0.2) is 54.6 Å². The topological polar surface area (TPSA) is 63.2 Å². The summed E-state index contributed by atoms with van der Waals surface area (Å²) in [6, 6.07) is 15.6. The molecule has 22 heavy (non-hydrogen) atoms. The Morgan fingerprint density at radius 1 is 1.05 bits per heavy atom. The molecule has 0 radical (unpaired) electrons. The molecule has 2 aromatic rings. The third kappa shape index (κ3) is 5.50. The molecule has 0 atom stereocenters. The normalized spacial score (nSPS) is 11.1. The summed E-state index contributed by atoms with van der Waals surface area (Å²) in [6.45, 7) is 0. The van der Waals surface area contributed by atoms with Gasteiger partial charge in [-0.2, -0.15) is 0 Å². The van der Waals surface area contributed by atoms with Crippen LogP contribution in [0.4, 0.5) is 5.69 Å². The van der Waals surface area contributed by atoms with Crippen LogP contribution in [-0.4, -0.2) is 20.1 Å². The van der Waals surface area contributed by atoms with E-state index in [1.807, 2.05) is 6.07 Å². The van der Waals surface area contributed by atoms with Gasteiger partial charge in [-0.25, -0.2) is 8.42 Å². The highest BCUT2D eigenvalue weighted by Gasteiger charge is 2.15. The van der Waals surface area contributed by atoms with Gasteiger partial charge in [-0.1, -0.05) is 41.9 Å². The van der Waals surface area contributed by atoms with E-state index in [0.29, 0.717) is 16.3 Å². The Morgan fingerprint density at radius 2 is 1.77 bits per heavy atom. The molecule has 0 aliphatic heterocycles. The molecule has 0 saturated heterocycles. The fourth-order valence-electron chi connectivity index (χ4n) is 1.95. The fourth-order valence-corrected chi connectivity index (χ4v) is 3.49. The monoisotopic (exact) mass is 337 g/mol. The zero-order valence-corrected chi connectivity index (χ0v) is 13.4. The summed E-state index contributed by atoms with van der Waals surface area (Å²) in [5.74, 6) is -0.634. The number of benzene rings is 2.